The molecule has 1 amide bonds. The van der Waals surface area contributed by atoms with Gasteiger partial charge in [-0.2, -0.15) is 0 Å². The number of carbonyl (C=O) groups excluding carboxylic acids is 1. The average molecular weight is 378 g/mol. The van der Waals surface area contributed by atoms with Gasteiger partial charge in [0.1, 0.15) is 5.56 Å². The van der Waals surface area contributed by atoms with Crippen molar-refractivity contribution in [2.45, 2.75) is 18.4 Å². The van der Waals surface area contributed by atoms with E-state index in [0.717, 1.165) is 45.0 Å². The Morgan fingerprint density at radius 1 is 1.07 bits per heavy atom. The summed E-state index contributed by atoms with van der Waals surface area (Å²) in [5.41, 5.74) is 1.76. The van der Waals surface area contributed by atoms with Crippen molar-refractivity contribution in [3.05, 3.63) is 69.6 Å². The van der Waals surface area contributed by atoms with E-state index in [0.29, 0.717) is 5.92 Å². The average Bonchev–Trinajstić information content (AvgIpc) is 2.93. The van der Waals surface area contributed by atoms with Gasteiger partial charge in [-0.05, 0) is 24.6 Å². The molecule has 2 N–H and O–H groups in total. The highest BCUT2D eigenvalue weighted by molar-refractivity contribution is 5.94. The number of aromatic amines is 1. The molecule has 6 nitrogen and oxygen atoms in total. The molecule has 4 aliphatic heterocycles. The van der Waals surface area contributed by atoms with Crippen molar-refractivity contribution in [3.63, 3.8) is 0 Å². The SMILES string of the molecule is Cc1ccc(C(=O)NC2C3CN4CCN(C3)CC2(c2ccccc2)C4)c(=O)[nH]1. The van der Waals surface area contributed by atoms with Gasteiger partial charge < -0.3 is 20.1 Å². The zero-order valence-electron chi connectivity index (χ0n) is 16.1. The van der Waals surface area contributed by atoms with Crippen molar-refractivity contribution in [1.29, 1.82) is 0 Å². The molecule has 2 aromatic rings. The summed E-state index contributed by atoms with van der Waals surface area (Å²) in [6, 6.07) is 14.0. The Bertz CT molecular complexity index is 939. The highest BCUT2D eigenvalue weighted by Crippen LogP contribution is 2.43. The van der Waals surface area contributed by atoms with Gasteiger partial charge in [-0.3, -0.25) is 9.59 Å². The maximum atomic E-state index is 13.1. The van der Waals surface area contributed by atoms with Gasteiger partial charge in [0, 0.05) is 62.3 Å². The number of benzene rings is 1. The molecule has 28 heavy (non-hydrogen) atoms. The molecule has 0 aliphatic carbocycles. The second-order valence-electron chi connectivity index (χ2n) is 8.59. The van der Waals surface area contributed by atoms with Gasteiger partial charge in [0.2, 0.25) is 0 Å². The van der Waals surface area contributed by atoms with Crippen LogP contribution in [0.15, 0.2) is 47.3 Å². The second-order valence-corrected chi connectivity index (χ2v) is 8.59. The highest BCUT2D eigenvalue weighted by atomic mass is 16.2. The van der Waals surface area contributed by atoms with Gasteiger partial charge in [-0.25, -0.2) is 0 Å². The van der Waals surface area contributed by atoms with Crippen LogP contribution in [0.5, 0.6) is 0 Å². The fraction of sp³-hybridized carbons (Fsp3) is 0.455. The van der Waals surface area contributed by atoms with Gasteiger partial charge in [0.25, 0.3) is 11.5 Å². The molecule has 4 aliphatic rings. The van der Waals surface area contributed by atoms with E-state index in [1.54, 1.807) is 12.1 Å². The molecule has 3 unspecified atom stereocenters. The van der Waals surface area contributed by atoms with E-state index >= 15 is 0 Å². The molecule has 4 fully saturated rings. The lowest BCUT2D eigenvalue weighted by Gasteiger charge is -2.55. The molecular formula is C22H26N4O2. The third-order valence-corrected chi connectivity index (χ3v) is 6.73. The molecule has 1 aromatic heterocycles. The first-order valence-corrected chi connectivity index (χ1v) is 10.1. The van der Waals surface area contributed by atoms with E-state index in [1.807, 2.05) is 13.0 Å². The number of fused-ring (bicyclic) bond motifs is 1. The van der Waals surface area contributed by atoms with Crippen molar-refractivity contribution in [1.82, 2.24) is 20.1 Å². The Balaban J connectivity index is 1.53. The van der Waals surface area contributed by atoms with Crippen molar-refractivity contribution in [2.24, 2.45) is 5.92 Å². The van der Waals surface area contributed by atoms with Crippen LogP contribution in [0, 0.1) is 12.8 Å². The monoisotopic (exact) mass is 378 g/mol. The van der Waals surface area contributed by atoms with Crippen LogP contribution >= 0.6 is 0 Å². The fourth-order valence-corrected chi connectivity index (χ4v) is 5.54. The summed E-state index contributed by atoms with van der Waals surface area (Å²) < 4.78 is 0. The number of nitrogens with one attached hydrogen (secondary N) is 2. The second kappa shape index (κ2) is 6.57. The number of piperidine rings is 2. The molecule has 0 saturated carbocycles. The molecule has 0 spiro atoms. The number of aryl methyl sites for hydroxylation is 1. The highest BCUT2D eigenvalue weighted by Gasteiger charge is 2.55. The largest absolute Gasteiger partial charge is 0.348 e. The number of nitrogens with zero attached hydrogens (tertiary/aromatic N) is 2. The van der Waals surface area contributed by atoms with Gasteiger partial charge in [-0.1, -0.05) is 30.3 Å². The Kier molecular flexibility index (Phi) is 4.14. The predicted octanol–water partition coefficient (Wildman–Crippen LogP) is 0.981. The summed E-state index contributed by atoms with van der Waals surface area (Å²) in [5, 5.41) is 3.29. The van der Waals surface area contributed by atoms with E-state index in [1.165, 1.54) is 5.56 Å². The molecule has 5 heterocycles. The zero-order chi connectivity index (χ0) is 19.3. The van der Waals surface area contributed by atoms with Gasteiger partial charge >= 0.3 is 0 Å². The molecule has 6 rings (SSSR count). The first-order valence-electron chi connectivity index (χ1n) is 10.1. The predicted molar refractivity (Wildman–Crippen MR) is 108 cm³/mol. The van der Waals surface area contributed by atoms with Gasteiger partial charge in [0.05, 0.1) is 0 Å². The summed E-state index contributed by atoms with van der Waals surface area (Å²) in [5.74, 6) is 0.0939. The summed E-state index contributed by atoms with van der Waals surface area (Å²) in [7, 11) is 0. The number of amides is 1. The van der Waals surface area contributed by atoms with Crippen LogP contribution in [0.1, 0.15) is 21.6 Å². The smallest absolute Gasteiger partial charge is 0.260 e. The first kappa shape index (κ1) is 17.6. The molecule has 146 valence electrons. The molecular weight excluding hydrogens is 352 g/mol. The standard InChI is InChI=1S/C22H26N4O2/c1-15-7-8-18(20(27)23-15)21(28)24-19-16-11-25-9-10-26(12-16)14-22(19,13-25)17-5-3-2-4-6-17/h2-8,16,19H,9-14H2,1H3,(H,23,27)(H,24,28). The number of hydrogen-bond donors (Lipinski definition) is 2. The van der Waals surface area contributed by atoms with Crippen molar-refractivity contribution >= 4 is 5.91 Å². The van der Waals surface area contributed by atoms with Crippen LogP contribution < -0.4 is 10.9 Å². The maximum absolute atomic E-state index is 13.1. The van der Waals surface area contributed by atoms with Crippen molar-refractivity contribution in [3.8, 4) is 0 Å². The van der Waals surface area contributed by atoms with Gasteiger partial charge in [0.15, 0.2) is 0 Å². The number of H-pyrrole nitrogens is 1. The van der Waals surface area contributed by atoms with Crippen molar-refractivity contribution in [2.75, 3.05) is 39.3 Å². The van der Waals surface area contributed by atoms with Crippen LogP contribution in [-0.4, -0.2) is 66.0 Å². The quantitative estimate of drug-likeness (QED) is 0.836. The summed E-state index contributed by atoms with van der Waals surface area (Å²) in [6.45, 7) is 7.88. The van der Waals surface area contributed by atoms with Gasteiger partial charge in [-0.15, -0.1) is 0 Å². The molecule has 4 saturated heterocycles. The lowest BCUT2D eigenvalue weighted by molar-refractivity contribution is 0.0180. The topological polar surface area (TPSA) is 68.4 Å². The summed E-state index contributed by atoms with van der Waals surface area (Å²) >= 11 is 0. The zero-order valence-corrected chi connectivity index (χ0v) is 16.1. The Morgan fingerprint density at radius 3 is 2.39 bits per heavy atom. The van der Waals surface area contributed by atoms with E-state index in [-0.39, 0.29) is 28.5 Å². The van der Waals surface area contributed by atoms with Crippen LogP contribution in [-0.2, 0) is 5.41 Å². The lowest BCUT2D eigenvalue weighted by Crippen LogP contribution is -2.70. The Morgan fingerprint density at radius 2 is 1.75 bits per heavy atom. The first-order chi connectivity index (χ1) is 13.5. The minimum atomic E-state index is -0.320. The van der Waals surface area contributed by atoms with Crippen LogP contribution in [0.4, 0.5) is 0 Å². The number of rotatable bonds is 3. The van der Waals surface area contributed by atoms with Crippen molar-refractivity contribution < 1.29 is 4.79 Å². The third-order valence-electron chi connectivity index (χ3n) is 6.73. The lowest BCUT2D eigenvalue weighted by atomic mass is 9.64. The number of aromatic nitrogens is 1. The van der Waals surface area contributed by atoms with E-state index in [2.05, 4.69) is 44.4 Å². The Labute approximate surface area is 164 Å². The minimum absolute atomic E-state index is 0.0219. The molecule has 6 heteroatoms. The fourth-order valence-electron chi connectivity index (χ4n) is 5.54. The number of hydrogen-bond acceptors (Lipinski definition) is 4. The summed E-state index contributed by atoms with van der Waals surface area (Å²) in [4.78, 5) is 33.2. The van der Waals surface area contributed by atoms with Crippen LogP contribution in [0.25, 0.3) is 0 Å². The minimum Gasteiger partial charge on any atom is -0.348 e. The normalized spacial score (nSPS) is 33.5. The number of pyridine rings is 1. The number of carbonyl (C=O) groups is 1. The molecule has 0 radical (unpaired) electrons. The van der Waals surface area contributed by atoms with E-state index in [9.17, 15) is 9.59 Å². The molecule has 1 aromatic carbocycles. The summed E-state index contributed by atoms with van der Waals surface area (Å²) in [6.07, 6.45) is 0. The van der Waals surface area contributed by atoms with E-state index < -0.39 is 0 Å². The Hall–Kier alpha value is -2.44. The van der Waals surface area contributed by atoms with Crippen LogP contribution in [0.3, 0.4) is 0 Å². The third kappa shape index (κ3) is 2.79. The van der Waals surface area contributed by atoms with E-state index in [4.69, 9.17) is 0 Å². The maximum Gasteiger partial charge on any atom is 0.260 e. The van der Waals surface area contributed by atoms with Crippen LogP contribution in [0.2, 0.25) is 0 Å². The molecule has 3 atom stereocenters. The molecule has 4 bridgehead atoms.